The van der Waals surface area contributed by atoms with Gasteiger partial charge in [-0.05, 0) is 56.3 Å². The predicted octanol–water partition coefficient (Wildman–Crippen LogP) is 3.54. The van der Waals surface area contributed by atoms with Crippen LogP contribution in [-0.4, -0.2) is 40.3 Å². The molecule has 1 unspecified atom stereocenters. The maximum atomic E-state index is 12.8. The first-order valence-corrected chi connectivity index (χ1v) is 10.8. The first-order valence-electron chi connectivity index (χ1n) is 8.54. The van der Waals surface area contributed by atoms with Crippen LogP contribution in [0.2, 0.25) is 5.02 Å². The van der Waals surface area contributed by atoms with Gasteiger partial charge in [0, 0.05) is 5.02 Å². The Hall–Kier alpha value is -2.45. The Balaban J connectivity index is 2.31. The lowest BCUT2D eigenvalue weighted by molar-refractivity contribution is -0.116. The number of benzene rings is 2. The smallest absolute Gasteiger partial charge is 0.248 e. The highest BCUT2D eigenvalue weighted by atomic mass is 35.5. The summed E-state index contributed by atoms with van der Waals surface area (Å²) in [7, 11) is -2.27. The summed E-state index contributed by atoms with van der Waals surface area (Å²) >= 11 is 5.98. The van der Waals surface area contributed by atoms with E-state index in [-0.39, 0.29) is 0 Å². The number of amides is 1. The largest absolute Gasteiger partial charge is 0.495 e. The van der Waals surface area contributed by atoms with Crippen LogP contribution in [0.1, 0.15) is 13.8 Å². The van der Waals surface area contributed by atoms with E-state index >= 15 is 0 Å². The van der Waals surface area contributed by atoms with Crippen LogP contribution in [0.5, 0.6) is 11.5 Å². The standard InChI is InChI=1S/C19H23ClN2O5S/c1-5-27-16-9-7-15(8-10-16)22(28(4,24)25)13(2)19(23)21-17-12-14(20)6-11-18(17)26-3/h6-13H,5H2,1-4H3,(H,21,23). The molecule has 2 aromatic rings. The molecule has 0 saturated heterocycles. The van der Waals surface area contributed by atoms with Crippen molar-refractivity contribution >= 4 is 38.9 Å². The molecule has 0 fully saturated rings. The molecule has 0 aliphatic carbocycles. The normalized spacial score (nSPS) is 12.2. The van der Waals surface area contributed by atoms with Crippen molar-refractivity contribution in [2.75, 3.05) is 29.6 Å². The van der Waals surface area contributed by atoms with Crippen molar-refractivity contribution in [3.8, 4) is 11.5 Å². The van der Waals surface area contributed by atoms with Crippen molar-refractivity contribution < 1.29 is 22.7 Å². The van der Waals surface area contributed by atoms with Gasteiger partial charge in [0.25, 0.3) is 0 Å². The first-order chi connectivity index (χ1) is 13.2. The summed E-state index contributed by atoms with van der Waals surface area (Å²) in [5.41, 5.74) is 0.707. The molecular weight excluding hydrogens is 404 g/mol. The molecule has 0 heterocycles. The summed E-state index contributed by atoms with van der Waals surface area (Å²) in [6, 6.07) is 10.3. The number of hydrogen-bond acceptors (Lipinski definition) is 5. The van der Waals surface area contributed by atoms with E-state index in [9.17, 15) is 13.2 Å². The Kier molecular flexibility index (Phi) is 7.15. The molecule has 2 aromatic carbocycles. The minimum Gasteiger partial charge on any atom is -0.495 e. The number of hydrogen-bond donors (Lipinski definition) is 1. The average molecular weight is 427 g/mol. The number of rotatable bonds is 8. The van der Waals surface area contributed by atoms with Crippen molar-refractivity contribution in [1.29, 1.82) is 0 Å². The molecule has 0 aliphatic rings. The van der Waals surface area contributed by atoms with Crippen molar-refractivity contribution in [2.24, 2.45) is 0 Å². The molecule has 7 nitrogen and oxygen atoms in total. The van der Waals surface area contributed by atoms with Gasteiger partial charge in [0.15, 0.2) is 0 Å². The Labute approximate surface area is 170 Å². The molecule has 0 saturated carbocycles. The summed E-state index contributed by atoms with van der Waals surface area (Å²) in [6.07, 6.45) is 1.05. The van der Waals surface area contributed by atoms with Crippen LogP contribution < -0.4 is 19.1 Å². The molecule has 1 N–H and O–H groups in total. The number of sulfonamides is 1. The third-order valence-corrected chi connectivity index (χ3v) is 5.39. The molecule has 1 amide bonds. The van der Waals surface area contributed by atoms with Gasteiger partial charge >= 0.3 is 0 Å². The van der Waals surface area contributed by atoms with Gasteiger partial charge in [0.1, 0.15) is 17.5 Å². The number of carbonyl (C=O) groups is 1. The lowest BCUT2D eigenvalue weighted by Crippen LogP contribution is -2.45. The highest BCUT2D eigenvalue weighted by Gasteiger charge is 2.29. The monoisotopic (exact) mass is 426 g/mol. The van der Waals surface area contributed by atoms with E-state index in [0.717, 1.165) is 10.6 Å². The number of nitrogens with zero attached hydrogens (tertiary/aromatic N) is 1. The Morgan fingerprint density at radius 1 is 1.21 bits per heavy atom. The van der Waals surface area contributed by atoms with Crippen LogP contribution in [0.25, 0.3) is 0 Å². The minimum atomic E-state index is -3.73. The number of nitrogens with one attached hydrogen (secondary N) is 1. The van der Waals surface area contributed by atoms with E-state index < -0.39 is 22.0 Å². The summed E-state index contributed by atoms with van der Waals surface area (Å²) in [5, 5.41) is 3.09. The molecule has 0 radical (unpaired) electrons. The molecule has 1 atom stereocenters. The second-order valence-electron chi connectivity index (χ2n) is 6.00. The number of anilines is 2. The van der Waals surface area contributed by atoms with Crippen molar-refractivity contribution in [2.45, 2.75) is 19.9 Å². The number of halogens is 1. The molecular formula is C19H23ClN2O5S. The molecule has 9 heteroatoms. The molecule has 0 spiro atoms. The zero-order valence-electron chi connectivity index (χ0n) is 16.1. The topological polar surface area (TPSA) is 84.9 Å². The molecule has 0 aromatic heterocycles. The van der Waals surface area contributed by atoms with E-state index in [1.807, 2.05) is 6.92 Å². The third kappa shape index (κ3) is 5.30. The lowest BCUT2D eigenvalue weighted by Gasteiger charge is -2.28. The fourth-order valence-corrected chi connectivity index (χ4v) is 4.03. The van der Waals surface area contributed by atoms with Crippen molar-refractivity contribution in [1.82, 2.24) is 0 Å². The van der Waals surface area contributed by atoms with E-state index in [1.54, 1.807) is 36.4 Å². The Morgan fingerprint density at radius 3 is 2.39 bits per heavy atom. The maximum absolute atomic E-state index is 12.8. The first kappa shape index (κ1) is 21.8. The molecule has 2 rings (SSSR count). The van der Waals surface area contributed by atoms with Crippen LogP contribution in [0.4, 0.5) is 11.4 Å². The van der Waals surface area contributed by atoms with Gasteiger partial charge in [0.05, 0.1) is 31.3 Å². The van der Waals surface area contributed by atoms with Crippen molar-refractivity contribution in [3.63, 3.8) is 0 Å². The summed E-state index contributed by atoms with van der Waals surface area (Å²) in [4.78, 5) is 12.8. The number of methoxy groups -OCH3 is 1. The van der Waals surface area contributed by atoms with Crippen LogP contribution in [0.3, 0.4) is 0 Å². The van der Waals surface area contributed by atoms with E-state index in [0.29, 0.717) is 34.5 Å². The SMILES string of the molecule is CCOc1ccc(N(C(C)C(=O)Nc2cc(Cl)ccc2OC)S(C)(=O)=O)cc1. The van der Waals surface area contributed by atoms with E-state index in [1.165, 1.54) is 20.1 Å². The second-order valence-corrected chi connectivity index (χ2v) is 8.29. The average Bonchev–Trinajstić information content (AvgIpc) is 2.62. The van der Waals surface area contributed by atoms with Gasteiger partial charge in [-0.25, -0.2) is 8.42 Å². The lowest BCUT2D eigenvalue weighted by atomic mass is 10.2. The number of carbonyl (C=O) groups excluding carboxylic acids is 1. The highest BCUT2D eigenvalue weighted by Crippen LogP contribution is 2.29. The van der Waals surface area contributed by atoms with E-state index in [4.69, 9.17) is 21.1 Å². The van der Waals surface area contributed by atoms with Crippen LogP contribution in [0.15, 0.2) is 42.5 Å². The Bertz CT molecular complexity index is 932. The minimum absolute atomic E-state index is 0.353. The highest BCUT2D eigenvalue weighted by molar-refractivity contribution is 7.92. The van der Waals surface area contributed by atoms with Gasteiger partial charge in [-0.1, -0.05) is 11.6 Å². The summed E-state index contributed by atoms with van der Waals surface area (Å²) in [5.74, 6) is 0.497. The van der Waals surface area contributed by atoms with Gasteiger partial charge in [-0.15, -0.1) is 0 Å². The molecule has 28 heavy (non-hydrogen) atoms. The van der Waals surface area contributed by atoms with Gasteiger partial charge < -0.3 is 14.8 Å². The maximum Gasteiger partial charge on any atom is 0.248 e. The van der Waals surface area contributed by atoms with Gasteiger partial charge in [0.2, 0.25) is 15.9 Å². The van der Waals surface area contributed by atoms with Crippen LogP contribution in [0, 0.1) is 0 Å². The van der Waals surface area contributed by atoms with Crippen molar-refractivity contribution in [3.05, 3.63) is 47.5 Å². The van der Waals surface area contributed by atoms with Crippen LogP contribution >= 0.6 is 11.6 Å². The second kappa shape index (κ2) is 9.16. The van der Waals surface area contributed by atoms with Gasteiger partial charge in [-0.3, -0.25) is 9.10 Å². The zero-order valence-corrected chi connectivity index (χ0v) is 17.7. The molecule has 0 bridgehead atoms. The van der Waals surface area contributed by atoms with Crippen LogP contribution in [-0.2, 0) is 14.8 Å². The molecule has 0 aliphatic heterocycles. The summed E-state index contributed by atoms with van der Waals surface area (Å²) < 4.78 is 36.4. The fraction of sp³-hybridized carbons (Fsp3) is 0.316. The van der Waals surface area contributed by atoms with Gasteiger partial charge in [-0.2, -0.15) is 0 Å². The zero-order chi connectivity index (χ0) is 20.9. The molecule has 152 valence electrons. The van der Waals surface area contributed by atoms with E-state index in [2.05, 4.69) is 5.32 Å². The predicted molar refractivity (Wildman–Crippen MR) is 111 cm³/mol. The fourth-order valence-electron chi connectivity index (χ4n) is 2.68. The summed E-state index contributed by atoms with van der Waals surface area (Å²) in [6.45, 7) is 3.85. The Morgan fingerprint density at radius 2 is 1.86 bits per heavy atom. The quantitative estimate of drug-likeness (QED) is 0.697. The third-order valence-electron chi connectivity index (χ3n) is 3.91. The number of ether oxygens (including phenoxy) is 2.